The van der Waals surface area contributed by atoms with Crippen LogP contribution in [-0.4, -0.2) is 9.97 Å². The SMILES string of the molecule is Cc1cc(Cl)nc(Cc2c(C)cc(C(C)(C)C)cc2C)n1. The molecule has 0 saturated carbocycles. The Hall–Kier alpha value is -1.41. The lowest BCUT2D eigenvalue weighted by Gasteiger charge is -2.22. The van der Waals surface area contributed by atoms with E-state index in [1.54, 1.807) is 6.07 Å². The Balaban J connectivity index is 2.41. The summed E-state index contributed by atoms with van der Waals surface area (Å²) in [6, 6.07) is 6.34. The minimum absolute atomic E-state index is 0.164. The number of halogens is 1. The van der Waals surface area contributed by atoms with Crippen LogP contribution in [0.1, 0.15) is 54.5 Å². The first kappa shape index (κ1) is 16.0. The van der Waals surface area contributed by atoms with Crippen molar-refractivity contribution in [1.82, 2.24) is 9.97 Å². The molecule has 0 amide bonds. The molecular weight excluding hydrogens is 280 g/mol. The average molecular weight is 303 g/mol. The number of hydrogen-bond acceptors (Lipinski definition) is 2. The molecule has 1 heterocycles. The van der Waals surface area contributed by atoms with Gasteiger partial charge in [-0.05, 0) is 54.5 Å². The van der Waals surface area contributed by atoms with Gasteiger partial charge in [-0.2, -0.15) is 0 Å². The minimum Gasteiger partial charge on any atom is -0.238 e. The number of nitrogens with zero attached hydrogens (tertiary/aromatic N) is 2. The van der Waals surface area contributed by atoms with Crippen LogP contribution < -0.4 is 0 Å². The first-order chi connectivity index (χ1) is 9.66. The fourth-order valence-corrected chi connectivity index (χ4v) is 2.79. The zero-order valence-electron chi connectivity index (χ0n) is 13.7. The molecule has 0 aliphatic rings. The normalized spacial score (nSPS) is 11.8. The van der Waals surface area contributed by atoms with E-state index in [0.717, 1.165) is 17.9 Å². The van der Waals surface area contributed by atoms with Gasteiger partial charge in [0.05, 0.1) is 0 Å². The van der Waals surface area contributed by atoms with E-state index in [1.165, 1.54) is 22.3 Å². The van der Waals surface area contributed by atoms with Crippen LogP contribution in [0.3, 0.4) is 0 Å². The van der Waals surface area contributed by atoms with Gasteiger partial charge in [-0.15, -0.1) is 0 Å². The summed E-state index contributed by atoms with van der Waals surface area (Å²) in [7, 11) is 0. The van der Waals surface area contributed by atoms with Gasteiger partial charge in [0.1, 0.15) is 11.0 Å². The highest BCUT2D eigenvalue weighted by atomic mass is 35.5. The summed E-state index contributed by atoms with van der Waals surface area (Å²) in [6.07, 6.45) is 0.726. The van der Waals surface area contributed by atoms with Crippen molar-refractivity contribution in [2.24, 2.45) is 0 Å². The zero-order valence-corrected chi connectivity index (χ0v) is 14.5. The number of hydrogen-bond donors (Lipinski definition) is 0. The fourth-order valence-electron chi connectivity index (χ4n) is 2.53. The first-order valence-electron chi connectivity index (χ1n) is 7.27. The highest BCUT2D eigenvalue weighted by Crippen LogP contribution is 2.27. The third-order valence-electron chi connectivity index (χ3n) is 3.77. The van der Waals surface area contributed by atoms with Gasteiger partial charge in [-0.1, -0.05) is 44.5 Å². The van der Waals surface area contributed by atoms with Crippen LogP contribution in [0.2, 0.25) is 5.15 Å². The van der Waals surface area contributed by atoms with E-state index < -0.39 is 0 Å². The molecule has 0 saturated heterocycles. The van der Waals surface area contributed by atoms with E-state index >= 15 is 0 Å². The van der Waals surface area contributed by atoms with Crippen molar-refractivity contribution >= 4 is 11.6 Å². The van der Waals surface area contributed by atoms with Crippen molar-refractivity contribution in [2.45, 2.75) is 53.4 Å². The highest BCUT2D eigenvalue weighted by molar-refractivity contribution is 6.29. The third-order valence-corrected chi connectivity index (χ3v) is 3.96. The second kappa shape index (κ2) is 5.76. The lowest BCUT2D eigenvalue weighted by atomic mass is 9.83. The standard InChI is InChI=1S/C18H23ClN2/c1-11-7-14(18(4,5)6)8-12(2)15(11)10-17-20-13(3)9-16(19)21-17/h7-9H,10H2,1-6H3. The first-order valence-corrected chi connectivity index (χ1v) is 7.65. The summed E-state index contributed by atoms with van der Waals surface area (Å²) in [5.41, 5.74) is 6.32. The quantitative estimate of drug-likeness (QED) is 0.734. The van der Waals surface area contributed by atoms with Crippen LogP contribution in [0, 0.1) is 20.8 Å². The maximum Gasteiger partial charge on any atom is 0.134 e. The summed E-state index contributed by atoms with van der Waals surface area (Å²) < 4.78 is 0. The largest absolute Gasteiger partial charge is 0.238 e. The molecule has 0 unspecified atom stereocenters. The van der Waals surface area contributed by atoms with Crippen molar-refractivity contribution in [2.75, 3.05) is 0 Å². The Morgan fingerprint density at radius 3 is 2.00 bits per heavy atom. The topological polar surface area (TPSA) is 25.8 Å². The summed E-state index contributed by atoms with van der Waals surface area (Å²) in [5.74, 6) is 0.787. The van der Waals surface area contributed by atoms with Gasteiger partial charge in [0.2, 0.25) is 0 Å². The molecule has 0 N–H and O–H groups in total. The van der Waals surface area contributed by atoms with Gasteiger partial charge in [0.25, 0.3) is 0 Å². The third kappa shape index (κ3) is 3.82. The molecule has 0 fully saturated rings. The molecule has 3 heteroatoms. The van der Waals surface area contributed by atoms with Crippen molar-refractivity contribution in [1.29, 1.82) is 0 Å². The highest BCUT2D eigenvalue weighted by Gasteiger charge is 2.17. The van der Waals surface area contributed by atoms with Crippen molar-refractivity contribution in [3.63, 3.8) is 0 Å². The Morgan fingerprint density at radius 2 is 1.52 bits per heavy atom. The van der Waals surface area contributed by atoms with Crippen LogP contribution >= 0.6 is 11.6 Å². The van der Waals surface area contributed by atoms with E-state index in [2.05, 4.69) is 56.7 Å². The average Bonchev–Trinajstić information content (AvgIpc) is 2.31. The Morgan fingerprint density at radius 1 is 0.952 bits per heavy atom. The van der Waals surface area contributed by atoms with Crippen LogP contribution in [0.5, 0.6) is 0 Å². The monoisotopic (exact) mass is 302 g/mol. The molecule has 0 radical (unpaired) electrons. The van der Waals surface area contributed by atoms with Crippen molar-refractivity contribution < 1.29 is 0 Å². The van der Waals surface area contributed by atoms with Gasteiger partial charge in [-0.25, -0.2) is 9.97 Å². The molecule has 0 spiro atoms. The van der Waals surface area contributed by atoms with E-state index in [-0.39, 0.29) is 5.41 Å². The van der Waals surface area contributed by atoms with Gasteiger partial charge in [0.15, 0.2) is 0 Å². The molecule has 0 aliphatic heterocycles. The van der Waals surface area contributed by atoms with Gasteiger partial charge >= 0.3 is 0 Å². The van der Waals surface area contributed by atoms with E-state index in [0.29, 0.717) is 5.15 Å². The summed E-state index contributed by atoms with van der Waals surface area (Å²) in [4.78, 5) is 8.82. The van der Waals surface area contributed by atoms with Gasteiger partial charge < -0.3 is 0 Å². The summed E-state index contributed by atoms with van der Waals surface area (Å²) in [5, 5.41) is 0.513. The minimum atomic E-state index is 0.164. The predicted octanol–water partition coefficient (Wildman–Crippen LogP) is 4.94. The molecule has 2 aromatic rings. The van der Waals surface area contributed by atoms with Crippen LogP contribution in [0.25, 0.3) is 0 Å². The lowest BCUT2D eigenvalue weighted by molar-refractivity contribution is 0.588. The maximum absolute atomic E-state index is 6.03. The molecule has 0 aliphatic carbocycles. The van der Waals surface area contributed by atoms with Crippen LogP contribution in [0.4, 0.5) is 0 Å². The van der Waals surface area contributed by atoms with E-state index in [4.69, 9.17) is 11.6 Å². The molecule has 1 aromatic carbocycles. The van der Waals surface area contributed by atoms with E-state index in [9.17, 15) is 0 Å². The van der Waals surface area contributed by atoms with Crippen molar-refractivity contribution in [3.8, 4) is 0 Å². The van der Waals surface area contributed by atoms with E-state index in [1.807, 2.05) is 6.92 Å². The summed E-state index contributed by atoms with van der Waals surface area (Å²) in [6.45, 7) is 13.0. The zero-order chi connectivity index (χ0) is 15.8. The van der Waals surface area contributed by atoms with Crippen molar-refractivity contribution in [3.05, 3.63) is 57.1 Å². The second-order valence-corrected chi connectivity index (χ2v) is 7.15. The Labute approximate surface area is 132 Å². The molecule has 0 atom stereocenters. The maximum atomic E-state index is 6.03. The van der Waals surface area contributed by atoms with Crippen LogP contribution in [0.15, 0.2) is 18.2 Å². The predicted molar refractivity (Wildman–Crippen MR) is 89.2 cm³/mol. The second-order valence-electron chi connectivity index (χ2n) is 6.76. The molecular formula is C18H23ClN2. The molecule has 21 heavy (non-hydrogen) atoms. The number of aromatic nitrogens is 2. The molecule has 2 nitrogen and oxygen atoms in total. The number of benzene rings is 1. The number of rotatable bonds is 2. The molecule has 0 bridgehead atoms. The fraction of sp³-hybridized carbons (Fsp3) is 0.444. The summed E-state index contributed by atoms with van der Waals surface area (Å²) >= 11 is 6.03. The van der Waals surface area contributed by atoms with Gasteiger partial charge in [0, 0.05) is 12.1 Å². The van der Waals surface area contributed by atoms with Crippen LogP contribution in [-0.2, 0) is 11.8 Å². The molecule has 2 rings (SSSR count). The molecule has 1 aromatic heterocycles. The Bertz CT molecular complexity index is 626. The Kier molecular flexibility index (Phi) is 4.38. The molecule has 112 valence electrons. The smallest absolute Gasteiger partial charge is 0.134 e. The number of aryl methyl sites for hydroxylation is 3. The lowest BCUT2D eigenvalue weighted by Crippen LogP contribution is -2.13. The van der Waals surface area contributed by atoms with Gasteiger partial charge in [-0.3, -0.25) is 0 Å².